The summed E-state index contributed by atoms with van der Waals surface area (Å²) in [4.78, 5) is 14.7. The number of rotatable bonds is 1. The van der Waals surface area contributed by atoms with E-state index in [1.165, 1.54) is 0 Å². The van der Waals surface area contributed by atoms with Crippen LogP contribution in [0.4, 0.5) is 0 Å². The molecule has 0 aliphatic rings. The zero-order valence-corrected chi connectivity index (χ0v) is 6.88. The minimum atomic E-state index is -0.335. The molecule has 0 bridgehead atoms. The Kier molecular flexibility index (Phi) is 1.58. The number of aromatic nitrogens is 3. The van der Waals surface area contributed by atoms with Crippen molar-refractivity contribution >= 4 is 28.6 Å². The van der Waals surface area contributed by atoms with E-state index in [0.29, 0.717) is 5.69 Å². The average Bonchev–Trinajstić information content (AvgIpc) is 2.49. The average molecular weight is 179 g/mol. The predicted octanol–water partition coefficient (Wildman–Crippen LogP) is 1.03. The highest BCUT2D eigenvalue weighted by molar-refractivity contribution is 7.97. The highest BCUT2D eigenvalue weighted by atomic mass is 32.1. The fraction of sp³-hybridized carbons (Fsp3) is 0. The van der Waals surface area contributed by atoms with Gasteiger partial charge in [-0.05, 0) is 6.07 Å². The molecule has 2 aromatic heterocycles. The maximum Gasteiger partial charge on any atom is 0.234 e. The van der Waals surface area contributed by atoms with Gasteiger partial charge in [-0.1, -0.05) is 12.6 Å². The van der Waals surface area contributed by atoms with Crippen LogP contribution >= 0.6 is 12.6 Å². The van der Waals surface area contributed by atoms with Gasteiger partial charge in [-0.2, -0.15) is 5.10 Å². The van der Waals surface area contributed by atoms with Gasteiger partial charge in [0.1, 0.15) is 5.69 Å². The van der Waals surface area contributed by atoms with Crippen LogP contribution in [0.2, 0.25) is 0 Å². The lowest BCUT2D eigenvalue weighted by Gasteiger charge is -1.91. The third-order valence-corrected chi connectivity index (χ3v) is 1.77. The van der Waals surface area contributed by atoms with Gasteiger partial charge in [0.15, 0.2) is 0 Å². The van der Waals surface area contributed by atoms with Gasteiger partial charge in [0, 0.05) is 5.39 Å². The van der Waals surface area contributed by atoms with Crippen molar-refractivity contribution in [1.82, 2.24) is 15.2 Å². The predicted molar refractivity (Wildman–Crippen MR) is 47.2 cm³/mol. The molecule has 60 valence electrons. The van der Waals surface area contributed by atoms with Gasteiger partial charge in [0.05, 0.1) is 17.9 Å². The van der Waals surface area contributed by atoms with Crippen molar-refractivity contribution < 1.29 is 4.79 Å². The second-order valence-electron chi connectivity index (χ2n) is 2.33. The Bertz CT molecular complexity index is 437. The molecular formula is C7H5N3OS. The number of thiol groups is 1. The van der Waals surface area contributed by atoms with Crippen LogP contribution in [0.25, 0.3) is 10.9 Å². The minimum Gasteiger partial charge on any atom is -0.280 e. The van der Waals surface area contributed by atoms with Crippen LogP contribution in [-0.2, 0) is 0 Å². The van der Waals surface area contributed by atoms with Crippen molar-refractivity contribution in [2.75, 3.05) is 0 Å². The summed E-state index contributed by atoms with van der Waals surface area (Å²) in [6.07, 6.45) is 3.20. The summed E-state index contributed by atoms with van der Waals surface area (Å²) in [6, 6.07) is 1.65. The molecule has 0 amide bonds. The van der Waals surface area contributed by atoms with Crippen LogP contribution < -0.4 is 0 Å². The lowest BCUT2D eigenvalue weighted by atomic mass is 10.3. The van der Waals surface area contributed by atoms with Crippen LogP contribution in [0.1, 0.15) is 10.5 Å². The second kappa shape index (κ2) is 2.60. The smallest absolute Gasteiger partial charge is 0.234 e. The lowest BCUT2D eigenvalue weighted by molar-refractivity contribution is 0.108. The molecule has 0 atom stereocenters. The molecule has 0 saturated carbocycles. The fourth-order valence-corrected chi connectivity index (χ4v) is 1.08. The van der Waals surface area contributed by atoms with Crippen molar-refractivity contribution in [2.45, 2.75) is 0 Å². The van der Waals surface area contributed by atoms with Crippen molar-refractivity contribution in [1.29, 1.82) is 0 Å². The van der Waals surface area contributed by atoms with Crippen molar-refractivity contribution in [2.24, 2.45) is 0 Å². The van der Waals surface area contributed by atoms with E-state index in [1.807, 2.05) is 0 Å². The van der Waals surface area contributed by atoms with Crippen LogP contribution in [0.3, 0.4) is 0 Å². The Hall–Kier alpha value is -1.36. The van der Waals surface area contributed by atoms with Crippen LogP contribution in [0.5, 0.6) is 0 Å². The van der Waals surface area contributed by atoms with Gasteiger partial charge in [0.2, 0.25) is 5.12 Å². The Morgan fingerprint density at radius 1 is 1.50 bits per heavy atom. The molecule has 4 nitrogen and oxygen atoms in total. The number of carbonyl (C=O) groups excluding carboxylic acids is 1. The van der Waals surface area contributed by atoms with Gasteiger partial charge < -0.3 is 0 Å². The number of hydrogen-bond donors (Lipinski definition) is 2. The van der Waals surface area contributed by atoms with Gasteiger partial charge in [-0.3, -0.25) is 9.89 Å². The molecule has 0 aliphatic heterocycles. The van der Waals surface area contributed by atoms with E-state index in [9.17, 15) is 4.79 Å². The van der Waals surface area contributed by atoms with Gasteiger partial charge in [-0.15, -0.1) is 0 Å². The zero-order valence-electron chi connectivity index (χ0n) is 5.98. The molecule has 0 radical (unpaired) electrons. The number of nitrogens with zero attached hydrogens (tertiary/aromatic N) is 2. The maximum absolute atomic E-state index is 10.8. The summed E-state index contributed by atoms with van der Waals surface area (Å²) in [5, 5.41) is 7.07. The number of H-pyrrole nitrogens is 1. The summed E-state index contributed by atoms with van der Waals surface area (Å²) in [5.41, 5.74) is 1.15. The molecule has 0 aliphatic carbocycles. The summed E-state index contributed by atoms with van der Waals surface area (Å²) in [7, 11) is 0. The Labute approximate surface area is 73.4 Å². The summed E-state index contributed by atoms with van der Waals surface area (Å²) < 4.78 is 0. The third-order valence-electron chi connectivity index (χ3n) is 1.54. The van der Waals surface area contributed by atoms with Gasteiger partial charge in [-0.25, -0.2) is 4.98 Å². The normalized spacial score (nSPS) is 10.4. The van der Waals surface area contributed by atoms with Gasteiger partial charge in [0.25, 0.3) is 0 Å². The Morgan fingerprint density at radius 2 is 2.33 bits per heavy atom. The largest absolute Gasteiger partial charge is 0.280 e. The standard InChI is InChI=1S/C7H5N3OS/c11-7(12)5-1-4-2-9-10-6(4)3-8-5/h1-3H,(H,9,10)(H,11,12). The quantitative estimate of drug-likeness (QED) is 0.643. The molecule has 2 aromatic rings. The van der Waals surface area contributed by atoms with Crippen LogP contribution in [0, 0.1) is 0 Å². The second-order valence-corrected chi connectivity index (χ2v) is 2.74. The molecule has 0 fully saturated rings. The molecule has 1 N–H and O–H groups in total. The summed E-state index contributed by atoms with van der Waals surface area (Å²) in [5.74, 6) is 0. The molecule has 0 spiro atoms. The maximum atomic E-state index is 10.8. The van der Waals surface area contributed by atoms with Crippen LogP contribution in [0.15, 0.2) is 18.5 Å². The van der Waals surface area contributed by atoms with E-state index in [4.69, 9.17) is 0 Å². The summed E-state index contributed by atoms with van der Waals surface area (Å²) >= 11 is 3.66. The first-order valence-electron chi connectivity index (χ1n) is 3.30. The minimum absolute atomic E-state index is 0.335. The number of pyridine rings is 1. The molecule has 5 heteroatoms. The number of carbonyl (C=O) groups is 1. The first kappa shape index (κ1) is 7.30. The third kappa shape index (κ3) is 1.08. The molecule has 0 unspecified atom stereocenters. The molecular weight excluding hydrogens is 174 g/mol. The molecule has 2 rings (SSSR count). The highest BCUT2D eigenvalue weighted by Crippen LogP contribution is 2.10. The van der Waals surface area contributed by atoms with E-state index in [0.717, 1.165) is 10.9 Å². The van der Waals surface area contributed by atoms with Gasteiger partial charge >= 0.3 is 0 Å². The molecule has 0 aromatic carbocycles. The first-order valence-corrected chi connectivity index (χ1v) is 3.74. The monoisotopic (exact) mass is 179 g/mol. The van der Waals surface area contributed by atoms with Crippen molar-refractivity contribution in [3.05, 3.63) is 24.2 Å². The lowest BCUT2D eigenvalue weighted by Crippen LogP contribution is -1.92. The number of nitrogens with one attached hydrogen (secondary N) is 1. The van der Waals surface area contributed by atoms with E-state index >= 15 is 0 Å². The first-order chi connectivity index (χ1) is 5.77. The highest BCUT2D eigenvalue weighted by Gasteiger charge is 2.03. The fourth-order valence-electron chi connectivity index (χ4n) is 0.959. The Morgan fingerprint density at radius 3 is 3.08 bits per heavy atom. The van der Waals surface area contributed by atoms with E-state index < -0.39 is 0 Å². The molecule has 0 saturated heterocycles. The van der Waals surface area contributed by atoms with E-state index in [-0.39, 0.29) is 5.12 Å². The molecule has 12 heavy (non-hydrogen) atoms. The Balaban J connectivity index is 2.68. The topological polar surface area (TPSA) is 58.6 Å². The zero-order chi connectivity index (χ0) is 8.55. The van der Waals surface area contributed by atoms with Crippen LogP contribution in [-0.4, -0.2) is 20.3 Å². The number of fused-ring (bicyclic) bond motifs is 1. The summed E-state index contributed by atoms with van der Waals surface area (Å²) in [6.45, 7) is 0. The number of aromatic amines is 1. The van der Waals surface area contributed by atoms with E-state index in [2.05, 4.69) is 27.8 Å². The van der Waals surface area contributed by atoms with Crippen molar-refractivity contribution in [3.63, 3.8) is 0 Å². The SMILES string of the molecule is O=C(S)c1cc2cn[nH]c2cn1. The number of hydrogen-bond acceptors (Lipinski definition) is 3. The van der Waals surface area contributed by atoms with E-state index in [1.54, 1.807) is 18.5 Å². The molecule has 2 heterocycles. The van der Waals surface area contributed by atoms with Crippen molar-refractivity contribution in [3.8, 4) is 0 Å².